The zero-order valence-corrected chi connectivity index (χ0v) is 17.5. The Morgan fingerprint density at radius 2 is 1.87 bits per heavy atom. The Kier molecular flexibility index (Phi) is 6.14. The number of benzene rings is 2. The lowest BCUT2D eigenvalue weighted by atomic mass is 10.00. The molecule has 0 spiro atoms. The fourth-order valence-corrected chi connectivity index (χ4v) is 4.47. The molecule has 1 amide bonds. The molecule has 0 N–H and O–H groups in total. The minimum absolute atomic E-state index is 0.0314. The highest BCUT2D eigenvalue weighted by atomic mass is 32.2. The van der Waals surface area contributed by atoms with Gasteiger partial charge in [0.1, 0.15) is 6.61 Å². The number of esters is 1. The van der Waals surface area contributed by atoms with Crippen LogP contribution in [0.2, 0.25) is 0 Å². The second-order valence-electron chi connectivity index (χ2n) is 7.03. The van der Waals surface area contributed by atoms with Crippen LogP contribution >= 0.6 is 11.8 Å². The molecule has 2 aliphatic rings. The number of hydrogen-bond donors (Lipinski definition) is 0. The third kappa shape index (κ3) is 4.39. The molecule has 2 aromatic carbocycles. The average Bonchev–Trinajstić information content (AvgIpc) is 2.77. The zero-order chi connectivity index (χ0) is 20.9. The molecule has 0 saturated carbocycles. The number of amidine groups is 1. The van der Waals surface area contributed by atoms with Crippen LogP contribution in [-0.2, 0) is 20.9 Å². The Morgan fingerprint density at radius 1 is 1.17 bits per heavy atom. The van der Waals surface area contributed by atoms with Gasteiger partial charge in [0.05, 0.1) is 17.3 Å². The molecule has 0 radical (unpaired) electrons. The van der Waals surface area contributed by atoms with Crippen molar-refractivity contribution < 1.29 is 14.3 Å². The topological polar surface area (TPSA) is 59.0 Å². The molecular formula is C24H22N2O3S. The maximum Gasteiger partial charge on any atom is 0.338 e. The molecule has 2 heterocycles. The summed E-state index contributed by atoms with van der Waals surface area (Å²) in [5.41, 5.74) is 2.89. The van der Waals surface area contributed by atoms with Crippen LogP contribution in [0.5, 0.6) is 0 Å². The van der Waals surface area contributed by atoms with Gasteiger partial charge in [-0.05, 0) is 18.1 Å². The molecule has 0 bridgehead atoms. The van der Waals surface area contributed by atoms with Crippen molar-refractivity contribution in [1.29, 1.82) is 0 Å². The van der Waals surface area contributed by atoms with Crippen LogP contribution in [0.1, 0.15) is 24.5 Å². The van der Waals surface area contributed by atoms with E-state index in [1.807, 2.05) is 72.8 Å². The number of carbonyl (C=O) groups is 2. The summed E-state index contributed by atoms with van der Waals surface area (Å²) in [6, 6.07) is 18.8. The van der Waals surface area contributed by atoms with Crippen molar-refractivity contribution in [2.24, 2.45) is 4.99 Å². The summed E-state index contributed by atoms with van der Waals surface area (Å²) in [6.45, 7) is 1.97. The van der Waals surface area contributed by atoms with E-state index in [4.69, 9.17) is 4.74 Å². The molecule has 5 nitrogen and oxygen atoms in total. The number of fused-ring (bicyclic) bond motifs is 1. The van der Waals surface area contributed by atoms with Gasteiger partial charge in [0.15, 0.2) is 5.17 Å². The number of allylic oxidation sites excluding steroid dienone is 1. The third-order valence-corrected chi connectivity index (χ3v) is 5.91. The van der Waals surface area contributed by atoms with Crippen LogP contribution in [0.3, 0.4) is 0 Å². The van der Waals surface area contributed by atoms with E-state index in [-0.39, 0.29) is 12.5 Å². The lowest BCUT2D eigenvalue weighted by Crippen LogP contribution is -2.49. The van der Waals surface area contributed by atoms with Crippen molar-refractivity contribution in [2.45, 2.75) is 26.0 Å². The number of rotatable bonds is 5. The van der Waals surface area contributed by atoms with E-state index in [9.17, 15) is 9.59 Å². The Morgan fingerprint density at radius 3 is 2.60 bits per heavy atom. The summed E-state index contributed by atoms with van der Waals surface area (Å²) in [5, 5.41) is 0.645. The summed E-state index contributed by atoms with van der Waals surface area (Å²) in [6.07, 6.45) is 4.24. The van der Waals surface area contributed by atoms with Gasteiger partial charge in [0.25, 0.3) is 0 Å². The molecule has 0 aliphatic carbocycles. The highest BCUT2D eigenvalue weighted by molar-refractivity contribution is 8.14. The highest BCUT2D eigenvalue weighted by Gasteiger charge is 2.39. The van der Waals surface area contributed by atoms with E-state index in [2.05, 4.69) is 4.99 Å². The monoisotopic (exact) mass is 418 g/mol. The molecule has 152 valence electrons. The van der Waals surface area contributed by atoms with Gasteiger partial charge in [0.2, 0.25) is 5.91 Å². The van der Waals surface area contributed by atoms with Crippen molar-refractivity contribution in [3.8, 4) is 0 Å². The zero-order valence-electron chi connectivity index (χ0n) is 16.7. The number of aliphatic imine (C=N–C) groups is 1. The van der Waals surface area contributed by atoms with Gasteiger partial charge in [-0.1, -0.05) is 84.6 Å². The maximum absolute atomic E-state index is 13.1. The number of amides is 1. The molecule has 6 heteroatoms. The number of nitrogens with zero attached hydrogens (tertiary/aromatic N) is 2. The van der Waals surface area contributed by atoms with Crippen molar-refractivity contribution in [2.75, 3.05) is 5.75 Å². The van der Waals surface area contributed by atoms with Gasteiger partial charge in [-0.25, -0.2) is 9.79 Å². The molecule has 2 aliphatic heterocycles. The Bertz CT molecular complexity index is 1030. The van der Waals surface area contributed by atoms with Crippen LogP contribution < -0.4 is 0 Å². The normalized spacial score (nSPS) is 19.0. The Balaban J connectivity index is 1.65. The summed E-state index contributed by atoms with van der Waals surface area (Å²) >= 11 is 1.54. The fraction of sp³-hybridized carbons (Fsp3) is 0.208. The van der Waals surface area contributed by atoms with Crippen molar-refractivity contribution in [3.63, 3.8) is 0 Å². The number of carbonyl (C=O) groups excluding carboxylic acids is 2. The summed E-state index contributed by atoms with van der Waals surface area (Å²) in [7, 11) is 0. The first kappa shape index (κ1) is 20.2. The molecule has 2 aromatic rings. The quantitative estimate of drug-likeness (QED) is 0.675. The average molecular weight is 419 g/mol. The van der Waals surface area contributed by atoms with Gasteiger partial charge in [-0.15, -0.1) is 0 Å². The third-order valence-electron chi connectivity index (χ3n) is 4.95. The van der Waals surface area contributed by atoms with E-state index in [0.29, 0.717) is 28.6 Å². The number of hydrogen-bond acceptors (Lipinski definition) is 5. The largest absolute Gasteiger partial charge is 0.457 e. The van der Waals surface area contributed by atoms with Crippen molar-refractivity contribution in [3.05, 3.63) is 89.1 Å². The van der Waals surface area contributed by atoms with Gasteiger partial charge >= 0.3 is 5.97 Å². The minimum atomic E-state index is -0.540. The van der Waals surface area contributed by atoms with Gasteiger partial charge in [0, 0.05) is 12.2 Å². The lowest BCUT2D eigenvalue weighted by Gasteiger charge is -2.37. The first-order valence-corrected chi connectivity index (χ1v) is 10.8. The number of ether oxygens (including phenoxy) is 1. The standard InChI is InChI=1S/C24H22N2O3S/c1-17-22(23(28)29-16-19-10-6-3-7-11-19)20(13-12-18-8-4-2-5-9-18)26-21(27)14-15-30-24(26)25-17/h2-13,20H,14-16H2,1H3/b13-12-/t20-/m0/s1. The van der Waals surface area contributed by atoms with Crippen LogP contribution in [0.4, 0.5) is 0 Å². The summed E-state index contributed by atoms with van der Waals surface area (Å²) in [4.78, 5) is 32.0. The van der Waals surface area contributed by atoms with E-state index in [0.717, 1.165) is 11.1 Å². The van der Waals surface area contributed by atoms with Gasteiger partial charge < -0.3 is 4.74 Å². The fourth-order valence-electron chi connectivity index (χ4n) is 3.45. The molecule has 0 unspecified atom stereocenters. The van der Waals surface area contributed by atoms with Crippen LogP contribution in [-0.4, -0.2) is 33.7 Å². The van der Waals surface area contributed by atoms with Crippen LogP contribution in [0, 0.1) is 0 Å². The smallest absolute Gasteiger partial charge is 0.338 e. The van der Waals surface area contributed by atoms with E-state index >= 15 is 0 Å². The van der Waals surface area contributed by atoms with Crippen molar-refractivity contribution in [1.82, 2.24) is 4.90 Å². The maximum atomic E-state index is 13.1. The molecular weight excluding hydrogens is 396 g/mol. The van der Waals surface area contributed by atoms with Crippen LogP contribution in [0.15, 0.2) is 83.0 Å². The predicted molar refractivity (Wildman–Crippen MR) is 120 cm³/mol. The Hall–Kier alpha value is -3.12. The van der Waals surface area contributed by atoms with E-state index < -0.39 is 12.0 Å². The summed E-state index contributed by atoms with van der Waals surface area (Å²) < 4.78 is 5.59. The lowest BCUT2D eigenvalue weighted by molar-refractivity contribution is -0.141. The molecule has 1 saturated heterocycles. The SMILES string of the molecule is CC1=C(C(=O)OCc2ccccc2)[C@H](/C=C\c2ccccc2)N2C(=O)CCSC2=N1. The molecule has 4 rings (SSSR count). The first-order chi connectivity index (χ1) is 14.6. The highest BCUT2D eigenvalue weighted by Crippen LogP contribution is 2.32. The van der Waals surface area contributed by atoms with Crippen molar-refractivity contribution >= 4 is 34.9 Å². The second-order valence-corrected chi connectivity index (χ2v) is 8.09. The minimum Gasteiger partial charge on any atom is -0.457 e. The summed E-state index contributed by atoms with van der Waals surface area (Å²) in [5.74, 6) is 0.214. The second kappa shape index (κ2) is 9.13. The molecule has 1 atom stereocenters. The molecule has 1 fully saturated rings. The predicted octanol–water partition coefficient (Wildman–Crippen LogP) is 4.42. The molecule has 0 aromatic heterocycles. The van der Waals surface area contributed by atoms with E-state index in [1.54, 1.807) is 11.8 Å². The Labute approximate surface area is 180 Å². The van der Waals surface area contributed by atoms with Gasteiger partial charge in [-0.2, -0.15) is 0 Å². The molecule has 30 heavy (non-hydrogen) atoms. The number of thioether (sulfide) groups is 1. The van der Waals surface area contributed by atoms with Crippen LogP contribution in [0.25, 0.3) is 6.08 Å². The first-order valence-electron chi connectivity index (χ1n) is 9.82. The van der Waals surface area contributed by atoms with Gasteiger partial charge in [-0.3, -0.25) is 9.69 Å². The van der Waals surface area contributed by atoms with E-state index in [1.165, 1.54) is 11.8 Å².